The smallest absolute Gasteiger partial charge is 0.338 e. The van der Waals surface area contributed by atoms with Gasteiger partial charge in [-0.25, -0.2) is 4.79 Å². The van der Waals surface area contributed by atoms with Crippen LogP contribution < -0.4 is 10.6 Å². The minimum absolute atomic E-state index is 0.162. The lowest BCUT2D eigenvalue weighted by Gasteiger charge is -2.53. The van der Waals surface area contributed by atoms with E-state index in [1.165, 1.54) is 52.1 Å². The van der Waals surface area contributed by atoms with Crippen molar-refractivity contribution in [2.75, 3.05) is 33.5 Å². The number of rotatable bonds is 38. The first-order valence-electron chi connectivity index (χ1n) is 42.5. The van der Waals surface area contributed by atoms with Crippen LogP contribution in [0.4, 0.5) is 0 Å². The predicted molar refractivity (Wildman–Crippen MR) is 442 cm³/mol. The Morgan fingerprint density at radius 2 is 0.826 bits per heavy atom. The average molecular weight is 1890 g/mol. The first kappa shape index (κ1) is 107. The molecule has 18 unspecified atom stereocenters. The van der Waals surface area contributed by atoms with Gasteiger partial charge < -0.3 is 139 Å². The van der Waals surface area contributed by atoms with Crippen LogP contribution in [0.15, 0.2) is 65.8 Å². The quantitative estimate of drug-likeness (QED) is 0.0217. The summed E-state index contributed by atoms with van der Waals surface area (Å²) in [5.74, 6) is -14.5. The molecule has 0 spiro atoms. The van der Waals surface area contributed by atoms with Gasteiger partial charge >= 0.3 is 77.6 Å². The minimum atomic E-state index is -2.84. The third-order valence-corrected chi connectivity index (χ3v) is 26.4. The van der Waals surface area contributed by atoms with Gasteiger partial charge in [0.25, 0.3) is 0 Å². The zero-order chi connectivity index (χ0) is 97.7. The molecule has 1 amide bonds. The van der Waals surface area contributed by atoms with Crippen molar-refractivity contribution >= 4 is 91.8 Å². The molecule has 0 bridgehead atoms. The van der Waals surface area contributed by atoms with Crippen LogP contribution in [0.2, 0.25) is 18.1 Å². The highest BCUT2D eigenvalue weighted by molar-refractivity contribution is 6.74. The molecule has 132 heavy (non-hydrogen) atoms. The van der Waals surface area contributed by atoms with Gasteiger partial charge in [-0.15, -0.1) is 0 Å². The number of aliphatic hydroxyl groups excluding tert-OH is 1. The number of aliphatic hydroxyl groups is 1. The van der Waals surface area contributed by atoms with E-state index in [1.807, 2.05) is 33.9 Å². The largest absolute Gasteiger partial charge is 0.463 e. The summed E-state index contributed by atoms with van der Waals surface area (Å²) in [5, 5.41) is 22.2. The van der Waals surface area contributed by atoms with Gasteiger partial charge in [0.05, 0.1) is 37.1 Å². The molecule has 46 nitrogen and oxygen atoms in total. The molecule has 0 radical (unpaired) electrons. The molecule has 6 fully saturated rings. The zero-order valence-electron chi connectivity index (χ0n) is 77.0. The Morgan fingerprint density at radius 3 is 1.27 bits per heavy atom. The van der Waals surface area contributed by atoms with Crippen molar-refractivity contribution < 1.29 is 195 Å². The van der Waals surface area contributed by atoms with Crippen LogP contribution in [0.3, 0.4) is 0 Å². The zero-order valence-corrected chi connectivity index (χ0v) is 78.0. The summed E-state index contributed by atoms with van der Waals surface area (Å²) < 4.78 is 164. The molecule has 2 aromatic carbocycles. The van der Waals surface area contributed by atoms with Crippen molar-refractivity contribution in [2.45, 2.75) is 346 Å². The minimum Gasteiger partial charge on any atom is -0.463 e. The van der Waals surface area contributed by atoms with E-state index in [9.17, 15) is 73.0 Å². The van der Waals surface area contributed by atoms with Gasteiger partial charge in [-0.3, -0.25) is 62.3 Å². The van der Waals surface area contributed by atoms with Gasteiger partial charge in [-0.2, -0.15) is 0 Å². The Hall–Kier alpha value is -10.1. The van der Waals surface area contributed by atoms with Gasteiger partial charge in [0, 0.05) is 88.0 Å². The second-order valence-corrected chi connectivity index (χ2v) is 38.1. The maximum atomic E-state index is 15.3. The normalized spacial score (nSPS) is 32.5. The SMILES string of the molecule is CCC1O[C@@H](O[C@H]2C(OC(C)=O)C(COC(C)=O)O[C@@H](O[C@H]3C(O)C(CO[Si](C)(C)C(C)(C)C)O[C@@H](OC[C@H](NC)C(=O)OCc4ccccc4)C3N=[N+]=[N-])C2OC(=O)c2ccccc2)C(NC(C)=O)[C@@H](O[C@H]2OC(C)C(OC(C)=O)[C@H](OC(C)=O)C2OC(C)=O)C1O[C@@H]1OC(COC(C)=O)C(OC(C)=O)[C@H](OC(C)=O)C1OC1OC(C)[C@H](OC(C)=O)C(OC(C)=O)[C@@H]1OC(C)=O. The lowest BCUT2D eigenvalue weighted by Crippen LogP contribution is -2.72. The Bertz CT molecular complexity index is 4350. The predicted octanol–water partition coefficient (Wildman–Crippen LogP) is 3.36. The van der Waals surface area contributed by atoms with Crippen LogP contribution in [0.25, 0.3) is 10.4 Å². The second kappa shape index (κ2) is 48.7. The maximum Gasteiger partial charge on any atom is 0.338 e. The van der Waals surface area contributed by atoms with Crippen molar-refractivity contribution in [3.05, 3.63) is 82.2 Å². The molecule has 6 aliphatic heterocycles. The van der Waals surface area contributed by atoms with Crippen LogP contribution in [0.1, 0.15) is 147 Å². The van der Waals surface area contributed by atoms with Crippen LogP contribution in [-0.2, 0) is 192 Å². The van der Waals surface area contributed by atoms with Crippen molar-refractivity contribution in [3.8, 4) is 0 Å². The van der Waals surface area contributed by atoms with E-state index in [-0.39, 0.29) is 18.6 Å². The third kappa shape index (κ3) is 29.5. The number of benzene rings is 2. The molecule has 734 valence electrons. The Labute approximate surface area is 761 Å². The summed E-state index contributed by atoms with van der Waals surface area (Å²) in [6.07, 6.45) is -55.4. The van der Waals surface area contributed by atoms with Crippen LogP contribution >= 0.6 is 0 Å². The molecule has 6 saturated heterocycles. The molecule has 2 aromatic rings. The Balaban J connectivity index is 1.40. The van der Waals surface area contributed by atoms with E-state index in [4.69, 9.17) is 123 Å². The molecule has 8 rings (SSSR count). The van der Waals surface area contributed by atoms with E-state index in [2.05, 4.69) is 20.7 Å². The number of amides is 1. The number of azide groups is 1. The Morgan fingerprint density at radius 1 is 0.439 bits per heavy atom. The lowest BCUT2D eigenvalue weighted by atomic mass is 9.92. The van der Waals surface area contributed by atoms with Crippen molar-refractivity contribution in [2.24, 2.45) is 5.11 Å². The summed E-state index contributed by atoms with van der Waals surface area (Å²) in [6.45, 7) is 22.4. The summed E-state index contributed by atoms with van der Waals surface area (Å²) in [6, 6.07) is 10.6. The summed E-state index contributed by atoms with van der Waals surface area (Å²) in [7, 11) is -1.41. The number of esters is 13. The highest BCUT2D eigenvalue weighted by Crippen LogP contribution is 2.44. The van der Waals surface area contributed by atoms with E-state index in [0.717, 1.165) is 83.1 Å². The van der Waals surface area contributed by atoms with Crippen molar-refractivity contribution in [1.82, 2.24) is 10.6 Å². The van der Waals surface area contributed by atoms with Gasteiger partial charge in [-0.1, -0.05) is 81.3 Å². The van der Waals surface area contributed by atoms with Crippen molar-refractivity contribution in [3.63, 3.8) is 0 Å². The van der Waals surface area contributed by atoms with Gasteiger partial charge in [-0.05, 0) is 68.7 Å². The lowest BCUT2D eigenvalue weighted by molar-refractivity contribution is -0.399. The highest BCUT2D eigenvalue weighted by atomic mass is 28.4. The van der Waals surface area contributed by atoms with E-state index in [0.29, 0.717) is 5.56 Å². The van der Waals surface area contributed by atoms with Gasteiger partial charge in [0.2, 0.25) is 5.91 Å². The first-order chi connectivity index (χ1) is 62.1. The summed E-state index contributed by atoms with van der Waals surface area (Å²) >= 11 is 0. The number of carbonyl (C=O) groups excluding carboxylic acids is 14. The van der Waals surface area contributed by atoms with E-state index in [1.54, 1.807) is 36.4 Å². The number of hydrogen-bond donors (Lipinski definition) is 3. The molecule has 31 atom stereocenters. The molecule has 47 heteroatoms. The van der Waals surface area contributed by atoms with Crippen LogP contribution in [0.5, 0.6) is 0 Å². The molecule has 6 aliphatic rings. The number of likely N-dealkylation sites (N-methyl/N-ethyl adjacent to an activating group) is 1. The number of nitrogens with one attached hydrogen (secondary N) is 2. The maximum absolute atomic E-state index is 15.3. The first-order valence-corrected chi connectivity index (χ1v) is 45.5. The molecule has 0 saturated carbocycles. The number of carbonyl (C=O) groups is 14. The summed E-state index contributed by atoms with van der Waals surface area (Å²) in [4.78, 5) is 194. The fourth-order valence-electron chi connectivity index (χ4n) is 15.1. The topological polar surface area (TPSA) is 572 Å². The van der Waals surface area contributed by atoms with Crippen LogP contribution in [0, 0.1) is 0 Å². The third-order valence-electron chi connectivity index (χ3n) is 21.9. The number of ether oxygens (including phenoxy) is 25. The molecule has 0 aliphatic carbocycles. The summed E-state index contributed by atoms with van der Waals surface area (Å²) in [5.41, 5.74) is 11.0. The van der Waals surface area contributed by atoms with E-state index < -0.39 is 313 Å². The van der Waals surface area contributed by atoms with Gasteiger partial charge in [0.15, 0.2) is 113 Å². The average Bonchev–Trinajstić information content (AvgIpc) is 0.744. The van der Waals surface area contributed by atoms with Gasteiger partial charge in [0.1, 0.15) is 86.8 Å². The number of nitrogens with zero attached hydrogens (tertiary/aromatic N) is 3. The van der Waals surface area contributed by atoms with Crippen LogP contribution in [-0.4, -0.2) is 321 Å². The number of hydrogen-bond acceptors (Lipinski definition) is 43. The molecule has 3 N–H and O–H groups in total. The molecular weight excluding hydrogens is 1780 g/mol. The van der Waals surface area contributed by atoms with Crippen molar-refractivity contribution in [1.29, 1.82) is 0 Å². The fraction of sp³-hybridized carbons (Fsp3) is 0.694. The molecule has 0 aromatic heterocycles. The highest BCUT2D eigenvalue weighted by Gasteiger charge is 2.64. The van der Waals surface area contributed by atoms with E-state index >= 15 is 4.79 Å². The second-order valence-electron chi connectivity index (χ2n) is 33.3. The Kier molecular flexibility index (Phi) is 39.6. The standard InChI is InChI=1S/C85H119N5O41Si/c1-22-55-64(127-84-76(71(119-49(13)100)65(115-45(9)96)57(125-84)35-106-41(5)92)131-82-74(121-51(15)102)70(118-48(12)99)63(39(3)112-82)114-44(8)95)68(129-81-73(120-50(14)101)69(117-47(11)98)62(38(2)111-81)113-43(7)94)59(88-40(4)91)80(122-55)130-72-66(116-46(10)97)58(36-107-42(6)93)124-83(75(72)126-77(104)53-31-27-24-28-32-53)128-67-60(89-90-86)79(123-56(61(67)103)37-110-132(20,21)85(16,17)18)109-34-54(87-19)78(105)108-33-52-29-25-23-26-30-52/h23-32,38-39,54-76,79-84,87,103H,22,33-37H2,1-21H3,(H,88,91)/t38?,39?,54-,55?,56?,57?,58?,59?,60?,61?,62?,63-,64?,65?,66?,67+,68+,69-,70?,71-,72-,73?,74-,75?,76?,79+,80-,81+,82?,83-,84-/m0/s1. The molecular formula is C85H119N5O41Si. The monoisotopic (exact) mass is 1890 g/mol. The fourth-order valence-corrected chi connectivity index (χ4v) is 16.2. The molecule has 6 heterocycles.